The lowest BCUT2D eigenvalue weighted by atomic mass is 10.2. The van der Waals surface area contributed by atoms with Gasteiger partial charge in [-0.25, -0.2) is 4.79 Å². The SMILES string of the molecule is CCCC(Oc1ccc(C)cc1Cl)C(=O)O. The largest absolute Gasteiger partial charge is 0.479 e. The number of carboxylic acid groups (broad SMARTS) is 1. The minimum Gasteiger partial charge on any atom is -0.479 e. The van der Waals surface area contributed by atoms with Gasteiger partial charge in [0.05, 0.1) is 5.02 Å². The highest BCUT2D eigenvalue weighted by Gasteiger charge is 2.19. The Labute approximate surface area is 100.0 Å². The molecule has 0 amide bonds. The van der Waals surface area contributed by atoms with E-state index in [2.05, 4.69) is 0 Å². The summed E-state index contributed by atoms with van der Waals surface area (Å²) in [5, 5.41) is 9.39. The van der Waals surface area contributed by atoms with Gasteiger partial charge in [0, 0.05) is 0 Å². The lowest BCUT2D eigenvalue weighted by molar-refractivity contribution is -0.145. The van der Waals surface area contributed by atoms with Crippen molar-refractivity contribution in [1.82, 2.24) is 0 Å². The van der Waals surface area contributed by atoms with Gasteiger partial charge in [0.15, 0.2) is 6.10 Å². The van der Waals surface area contributed by atoms with Crippen LogP contribution in [0.5, 0.6) is 5.75 Å². The Bertz CT molecular complexity index is 377. The fraction of sp³-hybridized carbons (Fsp3) is 0.417. The minimum atomic E-state index is -0.960. The van der Waals surface area contributed by atoms with Crippen LogP contribution in [0.3, 0.4) is 0 Å². The highest BCUT2D eigenvalue weighted by Crippen LogP contribution is 2.26. The number of aryl methyl sites for hydroxylation is 1. The summed E-state index contributed by atoms with van der Waals surface area (Å²) in [6.07, 6.45) is 0.394. The molecular weight excluding hydrogens is 228 g/mol. The maximum absolute atomic E-state index is 10.9. The maximum Gasteiger partial charge on any atom is 0.344 e. The van der Waals surface area contributed by atoms with Crippen molar-refractivity contribution in [3.63, 3.8) is 0 Å². The summed E-state index contributed by atoms with van der Waals surface area (Å²) in [6.45, 7) is 3.83. The van der Waals surface area contributed by atoms with Gasteiger partial charge in [-0.1, -0.05) is 31.0 Å². The topological polar surface area (TPSA) is 46.5 Å². The van der Waals surface area contributed by atoms with Crippen molar-refractivity contribution in [3.05, 3.63) is 28.8 Å². The van der Waals surface area contributed by atoms with Crippen molar-refractivity contribution in [2.24, 2.45) is 0 Å². The highest BCUT2D eigenvalue weighted by atomic mass is 35.5. The molecule has 1 rings (SSSR count). The summed E-state index contributed by atoms with van der Waals surface area (Å²) >= 11 is 5.96. The van der Waals surface area contributed by atoms with Gasteiger partial charge in [-0.15, -0.1) is 0 Å². The van der Waals surface area contributed by atoms with Crippen molar-refractivity contribution in [3.8, 4) is 5.75 Å². The van der Waals surface area contributed by atoms with Crippen LogP contribution in [-0.4, -0.2) is 17.2 Å². The first-order chi connectivity index (χ1) is 7.54. The van der Waals surface area contributed by atoms with Crippen LogP contribution in [0.1, 0.15) is 25.3 Å². The van der Waals surface area contributed by atoms with Crippen LogP contribution in [0, 0.1) is 6.92 Å². The Kier molecular flexibility index (Phi) is 4.62. The summed E-state index contributed by atoms with van der Waals surface area (Å²) < 4.78 is 5.37. The molecule has 0 spiro atoms. The normalized spacial score (nSPS) is 12.2. The molecule has 0 saturated heterocycles. The number of aliphatic carboxylic acids is 1. The summed E-state index contributed by atoms with van der Waals surface area (Å²) in [5.74, 6) is -0.536. The first-order valence-corrected chi connectivity index (χ1v) is 5.58. The second kappa shape index (κ2) is 5.75. The Hall–Kier alpha value is -1.22. The molecule has 88 valence electrons. The molecule has 1 atom stereocenters. The summed E-state index contributed by atoms with van der Waals surface area (Å²) in [5.41, 5.74) is 1.01. The van der Waals surface area contributed by atoms with Crippen LogP contribution in [0.15, 0.2) is 18.2 Å². The molecular formula is C12H15ClO3. The third kappa shape index (κ3) is 3.42. The van der Waals surface area contributed by atoms with Crippen LogP contribution >= 0.6 is 11.6 Å². The molecule has 1 aromatic rings. The van der Waals surface area contributed by atoms with Crippen molar-refractivity contribution in [2.45, 2.75) is 32.8 Å². The van der Waals surface area contributed by atoms with Gasteiger partial charge >= 0.3 is 5.97 Å². The van der Waals surface area contributed by atoms with Crippen molar-refractivity contribution in [2.75, 3.05) is 0 Å². The predicted molar refractivity (Wildman–Crippen MR) is 63.1 cm³/mol. The molecule has 0 radical (unpaired) electrons. The van der Waals surface area contributed by atoms with Gasteiger partial charge in [-0.05, 0) is 31.0 Å². The van der Waals surface area contributed by atoms with E-state index in [9.17, 15) is 4.79 Å². The van der Waals surface area contributed by atoms with Crippen LogP contribution in [0.2, 0.25) is 5.02 Å². The summed E-state index contributed by atoms with van der Waals surface area (Å²) in [7, 11) is 0. The van der Waals surface area contributed by atoms with E-state index in [1.807, 2.05) is 19.9 Å². The zero-order valence-electron chi connectivity index (χ0n) is 9.37. The van der Waals surface area contributed by atoms with Crippen LogP contribution in [0.4, 0.5) is 0 Å². The van der Waals surface area contributed by atoms with Gasteiger partial charge in [-0.2, -0.15) is 0 Å². The number of hydrogen-bond donors (Lipinski definition) is 1. The van der Waals surface area contributed by atoms with E-state index in [1.54, 1.807) is 12.1 Å². The van der Waals surface area contributed by atoms with Gasteiger partial charge in [-0.3, -0.25) is 0 Å². The number of rotatable bonds is 5. The Balaban J connectivity index is 2.81. The predicted octanol–water partition coefficient (Wildman–Crippen LogP) is 3.28. The second-order valence-electron chi connectivity index (χ2n) is 3.67. The highest BCUT2D eigenvalue weighted by molar-refractivity contribution is 6.32. The molecule has 1 N–H and O–H groups in total. The van der Waals surface area contributed by atoms with Gasteiger partial charge in [0.1, 0.15) is 5.75 Å². The Morgan fingerprint density at radius 1 is 1.56 bits per heavy atom. The Morgan fingerprint density at radius 3 is 2.75 bits per heavy atom. The van der Waals surface area contributed by atoms with Crippen molar-refractivity contribution < 1.29 is 14.6 Å². The standard InChI is InChI=1S/C12H15ClO3/c1-3-4-11(12(14)15)16-10-6-5-8(2)7-9(10)13/h5-7,11H,3-4H2,1-2H3,(H,14,15). The lowest BCUT2D eigenvalue weighted by Gasteiger charge is -2.15. The molecule has 4 heteroatoms. The molecule has 16 heavy (non-hydrogen) atoms. The smallest absolute Gasteiger partial charge is 0.344 e. The molecule has 0 aliphatic heterocycles. The quantitative estimate of drug-likeness (QED) is 0.862. The van der Waals surface area contributed by atoms with E-state index < -0.39 is 12.1 Å². The molecule has 0 bridgehead atoms. The fourth-order valence-corrected chi connectivity index (χ4v) is 1.63. The van der Waals surface area contributed by atoms with E-state index in [4.69, 9.17) is 21.4 Å². The molecule has 0 aliphatic carbocycles. The molecule has 1 unspecified atom stereocenters. The monoisotopic (exact) mass is 242 g/mol. The van der Waals surface area contributed by atoms with Crippen molar-refractivity contribution >= 4 is 17.6 Å². The van der Waals surface area contributed by atoms with E-state index in [-0.39, 0.29) is 0 Å². The number of ether oxygens (including phenoxy) is 1. The molecule has 0 aromatic heterocycles. The molecule has 0 heterocycles. The van der Waals surface area contributed by atoms with E-state index in [0.29, 0.717) is 17.2 Å². The van der Waals surface area contributed by atoms with Crippen molar-refractivity contribution in [1.29, 1.82) is 0 Å². The first-order valence-electron chi connectivity index (χ1n) is 5.20. The first kappa shape index (κ1) is 12.8. The third-order valence-electron chi connectivity index (χ3n) is 2.18. The van der Waals surface area contributed by atoms with Gasteiger partial charge in [0.2, 0.25) is 0 Å². The van der Waals surface area contributed by atoms with E-state index >= 15 is 0 Å². The average Bonchev–Trinajstić information content (AvgIpc) is 2.20. The summed E-state index contributed by atoms with van der Waals surface area (Å²) in [6, 6.07) is 5.29. The van der Waals surface area contributed by atoms with Gasteiger partial charge in [0.25, 0.3) is 0 Å². The zero-order chi connectivity index (χ0) is 12.1. The molecule has 3 nitrogen and oxygen atoms in total. The Morgan fingerprint density at radius 2 is 2.25 bits per heavy atom. The fourth-order valence-electron chi connectivity index (χ4n) is 1.35. The maximum atomic E-state index is 10.9. The van der Waals surface area contributed by atoms with E-state index in [1.165, 1.54) is 0 Å². The average molecular weight is 243 g/mol. The number of carbonyl (C=O) groups is 1. The minimum absolute atomic E-state index is 0.424. The number of hydrogen-bond acceptors (Lipinski definition) is 2. The molecule has 0 fully saturated rings. The summed E-state index contributed by atoms with van der Waals surface area (Å²) in [4.78, 5) is 10.9. The lowest BCUT2D eigenvalue weighted by Crippen LogP contribution is -2.26. The van der Waals surface area contributed by atoms with E-state index in [0.717, 1.165) is 12.0 Å². The molecule has 0 aliphatic rings. The van der Waals surface area contributed by atoms with Crippen LogP contribution in [-0.2, 0) is 4.79 Å². The zero-order valence-corrected chi connectivity index (χ0v) is 10.1. The third-order valence-corrected chi connectivity index (χ3v) is 2.48. The number of benzene rings is 1. The van der Waals surface area contributed by atoms with Crippen LogP contribution in [0.25, 0.3) is 0 Å². The number of carboxylic acids is 1. The molecule has 1 aromatic carbocycles. The van der Waals surface area contributed by atoms with Crippen LogP contribution < -0.4 is 4.74 Å². The second-order valence-corrected chi connectivity index (χ2v) is 4.07. The number of halogens is 1. The van der Waals surface area contributed by atoms with Gasteiger partial charge < -0.3 is 9.84 Å². The molecule has 0 saturated carbocycles.